The minimum Gasteiger partial charge on any atom is -0.503 e. The summed E-state index contributed by atoms with van der Waals surface area (Å²) in [7, 11) is 3.03. The number of ether oxygens (including phenoxy) is 2. The number of rotatable bonds is 5. The Kier molecular flexibility index (Phi) is 5.76. The molecule has 1 aromatic heterocycles. The van der Waals surface area contributed by atoms with E-state index in [4.69, 9.17) is 13.9 Å². The number of phenolic OH excluding ortho intramolecular Hbond substituents is 1. The quantitative estimate of drug-likeness (QED) is 0.371. The Morgan fingerprint density at radius 2 is 1.77 bits per heavy atom. The van der Waals surface area contributed by atoms with Gasteiger partial charge in [0.15, 0.2) is 16.9 Å². The maximum atomic E-state index is 13.7. The largest absolute Gasteiger partial charge is 0.503 e. The predicted molar refractivity (Wildman–Crippen MR) is 134 cm³/mol. The fourth-order valence-electron chi connectivity index (χ4n) is 4.48. The number of amides is 1. The minimum atomic E-state index is -0.744. The van der Waals surface area contributed by atoms with E-state index < -0.39 is 6.04 Å². The van der Waals surface area contributed by atoms with Gasteiger partial charge in [-0.15, -0.1) is 0 Å². The maximum Gasteiger partial charge on any atom is 0.291 e. The first kappa shape index (κ1) is 23.0. The minimum absolute atomic E-state index is 0.0213. The number of methoxy groups -OCH3 is 2. The number of aromatic hydroxyl groups is 1. The van der Waals surface area contributed by atoms with Crippen LogP contribution in [0.1, 0.15) is 38.9 Å². The number of carbonyl (C=O) groups excluding carboxylic acids is 1. The number of halogens is 1. The Hall–Kier alpha value is -3.78. The van der Waals surface area contributed by atoms with E-state index in [0.29, 0.717) is 26.8 Å². The lowest BCUT2D eigenvalue weighted by molar-refractivity contribution is 0.0714. The molecule has 1 atom stereocenters. The number of aryl methyl sites for hydroxylation is 1. The summed E-state index contributed by atoms with van der Waals surface area (Å²) in [6.45, 7) is 2.12. The van der Waals surface area contributed by atoms with Crippen molar-refractivity contribution in [3.8, 4) is 17.2 Å². The molecule has 4 aromatic rings. The lowest BCUT2D eigenvalue weighted by atomic mass is 9.97. The number of benzene rings is 3. The van der Waals surface area contributed by atoms with Crippen molar-refractivity contribution >= 4 is 32.8 Å². The monoisotopic (exact) mass is 535 g/mol. The van der Waals surface area contributed by atoms with Crippen molar-refractivity contribution in [3.63, 3.8) is 0 Å². The lowest BCUT2D eigenvalue weighted by Crippen LogP contribution is -2.29. The van der Waals surface area contributed by atoms with Gasteiger partial charge < -0.3 is 23.9 Å². The van der Waals surface area contributed by atoms with Gasteiger partial charge in [0.05, 0.1) is 35.7 Å². The fourth-order valence-corrected chi connectivity index (χ4v) is 4.94. The van der Waals surface area contributed by atoms with Crippen LogP contribution in [0.15, 0.2) is 68.3 Å². The number of hydrogen-bond donors (Lipinski definition) is 1. The molecular weight excluding hydrogens is 514 g/mol. The van der Waals surface area contributed by atoms with Crippen molar-refractivity contribution < 1.29 is 23.8 Å². The SMILES string of the molecule is COc1ccc(CN2C(=O)c3oc4ccc(C)cc4c(=O)c3C2c2cc(Br)c(O)c(OC)c2)cc1. The van der Waals surface area contributed by atoms with Crippen molar-refractivity contribution in [2.75, 3.05) is 14.2 Å². The molecule has 0 aliphatic carbocycles. The van der Waals surface area contributed by atoms with Gasteiger partial charge in [-0.3, -0.25) is 9.59 Å². The Morgan fingerprint density at radius 3 is 2.46 bits per heavy atom. The number of hydrogen-bond acceptors (Lipinski definition) is 6. The van der Waals surface area contributed by atoms with Crippen LogP contribution in [-0.4, -0.2) is 30.1 Å². The summed E-state index contributed by atoms with van der Waals surface area (Å²) in [5.74, 6) is 0.493. The van der Waals surface area contributed by atoms with Crippen molar-refractivity contribution in [2.45, 2.75) is 19.5 Å². The van der Waals surface area contributed by atoms with Crippen LogP contribution in [-0.2, 0) is 6.54 Å². The highest BCUT2D eigenvalue weighted by Gasteiger charge is 2.43. The maximum absolute atomic E-state index is 13.7. The molecule has 0 radical (unpaired) electrons. The van der Waals surface area contributed by atoms with Crippen LogP contribution in [0.3, 0.4) is 0 Å². The zero-order chi connectivity index (χ0) is 24.9. The summed E-state index contributed by atoms with van der Waals surface area (Å²) in [6, 6.07) is 15.3. The standard InChI is InChI=1S/C27H22BrNO6/c1-14-4-9-20-18(10-14)24(30)22-23(16-11-19(28)25(31)21(12-16)34-3)29(27(32)26(22)35-20)13-15-5-7-17(33-2)8-6-15/h4-12,23,31H,13H2,1-3H3. The Morgan fingerprint density at radius 1 is 1.03 bits per heavy atom. The second kappa shape index (κ2) is 8.78. The molecule has 1 unspecified atom stereocenters. The van der Waals surface area contributed by atoms with Gasteiger partial charge in [0.1, 0.15) is 11.3 Å². The number of nitrogens with zero attached hydrogens (tertiary/aromatic N) is 1. The molecule has 3 aromatic carbocycles. The highest BCUT2D eigenvalue weighted by Crippen LogP contribution is 2.44. The molecule has 1 amide bonds. The smallest absolute Gasteiger partial charge is 0.291 e. The fraction of sp³-hybridized carbons (Fsp3) is 0.185. The van der Waals surface area contributed by atoms with Gasteiger partial charge >= 0.3 is 0 Å². The van der Waals surface area contributed by atoms with Gasteiger partial charge in [0, 0.05) is 6.54 Å². The molecule has 0 spiro atoms. The van der Waals surface area contributed by atoms with Crippen molar-refractivity contribution in [2.24, 2.45) is 0 Å². The molecule has 0 fully saturated rings. The molecule has 8 heteroatoms. The van der Waals surface area contributed by atoms with Gasteiger partial charge in [0.2, 0.25) is 5.76 Å². The number of carbonyl (C=O) groups is 1. The molecule has 1 aliphatic heterocycles. The van der Waals surface area contributed by atoms with E-state index in [9.17, 15) is 14.7 Å². The third-order valence-electron chi connectivity index (χ3n) is 6.22. The molecule has 0 bridgehead atoms. The topological polar surface area (TPSA) is 89.2 Å². The van der Waals surface area contributed by atoms with Crippen LogP contribution in [0.25, 0.3) is 11.0 Å². The Balaban J connectivity index is 1.73. The van der Waals surface area contributed by atoms with Crippen LogP contribution in [0.2, 0.25) is 0 Å². The molecule has 1 N–H and O–H groups in total. The van der Waals surface area contributed by atoms with Crippen LogP contribution >= 0.6 is 15.9 Å². The summed E-state index contributed by atoms with van der Waals surface area (Å²) < 4.78 is 17.0. The molecule has 35 heavy (non-hydrogen) atoms. The molecule has 1 aliphatic rings. The molecule has 2 heterocycles. The Labute approximate surface area is 209 Å². The van der Waals surface area contributed by atoms with Gasteiger partial charge in [-0.25, -0.2) is 0 Å². The number of fused-ring (bicyclic) bond motifs is 2. The van der Waals surface area contributed by atoms with Gasteiger partial charge in [0.25, 0.3) is 5.91 Å². The molecule has 7 nitrogen and oxygen atoms in total. The summed E-state index contributed by atoms with van der Waals surface area (Å²) in [6.07, 6.45) is 0. The summed E-state index contributed by atoms with van der Waals surface area (Å²) in [5.41, 5.74) is 2.74. The van der Waals surface area contributed by atoms with E-state index in [-0.39, 0.29) is 40.7 Å². The number of phenols is 1. The second-order valence-electron chi connectivity index (χ2n) is 8.41. The van der Waals surface area contributed by atoms with Gasteiger partial charge in [-0.05, 0) is 70.4 Å². The van der Waals surface area contributed by atoms with Crippen LogP contribution in [0.4, 0.5) is 0 Å². The Bertz CT molecular complexity index is 1530. The molecule has 5 rings (SSSR count). The van der Waals surface area contributed by atoms with E-state index in [0.717, 1.165) is 11.1 Å². The van der Waals surface area contributed by atoms with Crippen LogP contribution in [0.5, 0.6) is 17.2 Å². The zero-order valence-corrected chi connectivity index (χ0v) is 20.9. The predicted octanol–water partition coefficient (Wildman–Crippen LogP) is 5.33. The normalized spacial score (nSPS) is 14.9. The van der Waals surface area contributed by atoms with Crippen molar-refractivity contribution in [3.05, 3.63) is 97.3 Å². The first-order valence-electron chi connectivity index (χ1n) is 10.9. The molecular formula is C27H22BrNO6. The highest BCUT2D eigenvalue weighted by molar-refractivity contribution is 9.10. The molecule has 178 valence electrons. The third-order valence-corrected chi connectivity index (χ3v) is 6.82. The van der Waals surface area contributed by atoms with Gasteiger partial charge in [-0.2, -0.15) is 0 Å². The first-order valence-corrected chi connectivity index (χ1v) is 11.7. The van der Waals surface area contributed by atoms with Gasteiger partial charge in [-0.1, -0.05) is 23.8 Å². The van der Waals surface area contributed by atoms with Crippen molar-refractivity contribution in [1.29, 1.82) is 0 Å². The van der Waals surface area contributed by atoms with E-state index in [1.54, 1.807) is 36.3 Å². The third kappa shape index (κ3) is 3.83. The van der Waals surface area contributed by atoms with Crippen molar-refractivity contribution in [1.82, 2.24) is 4.90 Å². The summed E-state index contributed by atoms with van der Waals surface area (Å²) in [5, 5.41) is 10.8. The zero-order valence-electron chi connectivity index (χ0n) is 19.3. The van der Waals surface area contributed by atoms with E-state index in [2.05, 4.69) is 15.9 Å². The highest BCUT2D eigenvalue weighted by atomic mass is 79.9. The van der Waals surface area contributed by atoms with E-state index in [1.807, 2.05) is 37.3 Å². The summed E-state index contributed by atoms with van der Waals surface area (Å²) in [4.78, 5) is 29.0. The van der Waals surface area contributed by atoms with Crippen LogP contribution < -0.4 is 14.9 Å². The second-order valence-corrected chi connectivity index (χ2v) is 9.27. The molecule has 0 saturated carbocycles. The average molecular weight is 536 g/mol. The average Bonchev–Trinajstić information content (AvgIpc) is 3.13. The van der Waals surface area contributed by atoms with Crippen LogP contribution in [0, 0.1) is 6.92 Å². The lowest BCUT2D eigenvalue weighted by Gasteiger charge is -2.26. The molecule has 0 saturated heterocycles. The van der Waals surface area contributed by atoms with E-state index >= 15 is 0 Å². The summed E-state index contributed by atoms with van der Waals surface area (Å²) >= 11 is 3.36. The first-order chi connectivity index (χ1) is 16.8. The van der Waals surface area contributed by atoms with E-state index in [1.165, 1.54) is 7.11 Å².